The van der Waals surface area contributed by atoms with Gasteiger partial charge in [-0.3, -0.25) is 4.90 Å². The molecule has 8 rings (SSSR count). The third-order valence-corrected chi connectivity index (χ3v) is 10.3. The van der Waals surface area contributed by atoms with Crippen LogP contribution in [0.5, 0.6) is 11.8 Å². The van der Waals surface area contributed by atoms with Crippen molar-refractivity contribution in [3.05, 3.63) is 47.2 Å². The van der Waals surface area contributed by atoms with Crippen molar-refractivity contribution in [1.29, 1.82) is 0 Å². The number of aryl methyl sites for hydroxylation is 2. The van der Waals surface area contributed by atoms with Crippen molar-refractivity contribution < 1.29 is 27.8 Å². The standard InChI is InChI=1S/C34H36F3N5O3/c1-2-23-25(36)6-4-19-14-22(43)15-24(27(19)23)30-29(37)31-28-26(38-30)7-5-21-8-12-44-13-11-42(21)32(28)40-33(39-31)45-18-34-9-3-10-41(34)17-20(35)16-34/h4,6,14-15,20-21,43H,2-3,5,7-13,16-18H2,1H3/t20-,21-,34+/m1/s1. The Morgan fingerprint density at radius 1 is 1.09 bits per heavy atom. The van der Waals surface area contributed by atoms with E-state index in [-0.39, 0.29) is 35.6 Å². The van der Waals surface area contributed by atoms with Crippen LogP contribution in [0.15, 0.2) is 24.3 Å². The number of ether oxygens (including phenoxy) is 2. The summed E-state index contributed by atoms with van der Waals surface area (Å²) in [6.45, 7) is 4.99. The predicted molar refractivity (Wildman–Crippen MR) is 165 cm³/mol. The van der Waals surface area contributed by atoms with E-state index in [1.807, 2.05) is 6.92 Å². The number of fused-ring (bicyclic) bond motifs is 4. The number of nitrogens with zero attached hydrogens (tertiary/aromatic N) is 5. The summed E-state index contributed by atoms with van der Waals surface area (Å²) in [5, 5.41) is 12.3. The maximum absolute atomic E-state index is 17.0. The number of anilines is 1. The summed E-state index contributed by atoms with van der Waals surface area (Å²) < 4.78 is 58.6. The summed E-state index contributed by atoms with van der Waals surface area (Å²) in [5.74, 6) is -0.584. The van der Waals surface area contributed by atoms with Gasteiger partial charge in [0.15, 0.2) is 5.82 Å². The predicted octanol–water partition coefficient (Wildman–Crippen LogP) is 5.89. The van der Waals surface area contributed by atoms with Crippen molar-refractivity contribution >= 4 is 27.5 Å². The first-order valence-electron chi connectivity index (χ1n) is 16.1. The Hall–Kier alpha value is -3.70. The number of phenols is 1. The number of aromatic nitrogens is 3. The smallest absolute Gasteiger partial charge is 0.319 e. The molecule has 4 aliphatic rings. The zero-order valence-electron chi connectivity index (χ0n) is 25.3. The number of alkyl halides is 1. The van der Waals surface area contributed by atoms with E-state index in [2.05, 4.69) is 14.8 Å². The first kappa shape index (κ1) is 28.8. The molecule has 0 spiro atoms. The van der Waals surface area contributed by atoms with Crippen LogP contribution in [0.4, 0.5) is 19.0 Å². The van der Waals surface area contributed by atoms with Gasteiger partial charge in [-0.05, 0) is 79.6 Å². The molecule has 1 N–H and O–H groups in total. The van der Waals surface area contributed by atoms with Gasteiger partial charge in [0, 0.05) is 37.7 Å². The maximum atomic E-state index is 17.0. The van der Waals surface area contributed by atoms with Gasteiger partial charge in [-0.25, -0.2) is 18.2 Å². The Labute approximate surface area is 259 Å². The lowest BCUT2D eigenvalue weighted by Gasteiger charge is -2.31. The molecule has 0 bridgehead atoms. The topological polar surface area (TPSA) is 83.8 Å². The second-order valence-electron chi connectivity index (χ2n) is 12.9. The number of halogens is 3. The molecule has 2 aromatic heterocycles. The highest BCUT2D eigenvalue weighted by molar-refractivity contribution is 6.02. The van der Waals surface area contributed by atoms with Gasteiger partial charge in [0.1, 0.15) is 41.4 Å². The van der Waals surface area contributed by atoms with Crippen LogP contribution in [0, 0.1) is 11.6 Å². The fraction of sp³-hybridized carbons (Fsp3) is 0.500. The largest absolute Gasteiger partial charge is 0.508 e. The molecule has 3 saturated heterocycles. The highest BCUT2D eigenvalue weighted by Gasteiger charge is 2.49. The lowest BCUT2D eigenvalue weighted by Crippen LogP contribution is -2.43. The molecule has 0 amide bonds. The van der Waals surface area contributed by atoms with E-state index < -0.39 is 23.3 Å². The molecule has 11 heteroatoms. The quantitative estimate of drug-likeness (QED) is 0.296. The van der Waals surface area contributed by atoms with E-state index in [9.17, 15) is 9.50 Å². The summed E-state index contributed by atoms with van der Waals surface area (Å²) in [5.41, 5.74) is 1.05. The van der Waals surface area contributed by atoms with Crippen molar-refractivity contribution in [2.24, 2.45) is 0 Å². The molecule has 8 nitrogen and oxygen atoms in total. The molecule has 4 aromatic rings. The van der Waals surface area contributed by atoms with E-state index in [1.54, 1.807) is 12.1 Å². The van der Waals surface area contributed by atoms with E-state index in [1.165, 1.54) is 12.1 Å². The van der Waals surface area contributed by atoms with Gasteiger partial charge in [0.05, 0.1) is 23.2 Å². The average molecular weight is 620 g/mol. The van der Waals surface area contributed by atoms with E-state index >= 15 is 8.78 Å². The average Bonchev–Trinajstić information content (AvgIpc) is 3.38. The van der Waals surface area contributed by atoms with Gasteiger partial charge < -0.3 is 19.5 Å². The molecule has 3 fully saturated rings. The van der Waals surface area contributed by atoms with Crippen molar-refractivity contribution in [1.82, 2.24) is 19.9 Å². The van der Waals surface area contributed by atoms with Crippen molar-refractivity contribution in [3.63, 3.8) is 0 Å². The zero-order chi connectivity index (χ0) is 30.9. The van der Waals surface area contributed by atoms with Crippen LogP contribution in [0.1, 0.15) is 50.3 Å². The Morgan fingerprint density at radius 2 is 1.98 bits per heavy atom. The molecular weight excluding hydrogens is 583 g/mol. The molecule has 4 aliphatic heterocycles. The van der Waals surface area contributed by atoms with Crippen molar-refractivity contribution in [3.8, 4) is 23.0 Å². The number of benzene rings is 2. The Kier molecular flexibility index (Phi) is 7.01. The molecule has 0 radical (unpaired) electrons. The molecule has 2 aromatic carbocycles. The third kappa shape index (κ3) is 4.69. The summed E-state index contributed by atoms with van der Waals surface area (Å²) >= 11 is 0. The van der Waals surface area contributed by atoms with Crippen LogP contribution in [-0.2, 0) is 17.6 Å². The van der Waals surface area contributed by atoms with Crippen LogP contribution < -0.4 is 9.64 Å². The highest BCUT2D eigenvalue weighted by Crippen LogP contribution is 2.43. The normalized spacial score (nSPS) is 24.9. The van der Waals surface area contributed by atoms with Gasteiger partial charge in [0.25, 0.3) is 0 Å². The van der Waals surface area contributed by atoms with Crippen LogP contribution in [0.2, 0.25) is 0 Å². The third-order valence-electron chi connectivity index (χ3n) is 10.3. The van der Waals surface area contributed by atoms with Crippen LogP contribution in [0.3, 0.4) is 0 Å². The first-order chi connectivity index (χ1) is 21.8. The molecule has 3 atom stereocenters. The second kappa shape index (κ2) is 11.0. The lowest BCUT2D eigenvalue weighted by atomic mass is 9.94. The number of aromatic hydroxyl groups is 1. The number of hydrogen-bond acceptors (Lipinski definition) is 8. The molecule has 0 saturated carbocycles. The lowest BCUT2D eigenvalue weighted by molar-refractivity contribution is 0.107. The number of hydrogen-bond donors (Lipinski definition) is 1. The number of rotatable bonds is 5. The van der Waals surface area contributed by atoms with Crippen molar-refractivity contribution in [2.75, 3.05) is 44.4 Å². The van der Waals surface area contributed by atoms with Gasteiger partial charge >= 0.3 is 6.01 Å². The highest BCUT2D eigenvalue weighted by atomic mass is 19.1. The zero-order valence-corrected chi connectivity index (χ0v) is 25.3. The van der Waals surface area contributed by atoms with E-state index in [0.717, 1.165) is 32.2 Å². The SMILES string of the molecule is CCc1c(F)ccc2cc(O)cc(-c3nc4c5c(nc(OC[C@@]67CCCN6C[C@H](F)C7)nc5c3F)N3CCOCC[C@H]3CC4)c12. The maximum Gasteiger partial charge on any atom is 0.319 e. The van der Waals surface area contributed by atoms with E-state index in [4.69, 9.17) is 19.4 Å². The van der Waals surface area contributed by atoms with Crippen LogP contribution >= 0.6 is 0 Å². The summed E-state index contributed by atoms with van der Waals surface area (Å²) in [6, 6.07) is 6.11. The van der Waals surface area contributed by atoms with Gasteiger partial charge in [0.2, 0.25) is 0 Å². The monoisotopic (exact) mass is 619 g/mol. The molecule has 45 heavy (non-hydrogen) atoms. The Bertz CT molecular complexity index is 1820. The minimum atomic E-state index is -0.905. The minimum Gasteiger partial charge on any atom is -0.508 e. The van der Waals surface area contributed by atoms with Gasteiger partial charge in [-0.1, -0.05) is 13.0 Å². The van der Waals surface area contributed by atoms with E-state index in [0.29, 0.717) is 84.4 Å². The number of phenolic OH excluding ortho intramolecular Hbond substituents is 1. The van der Waals surface area contributed by atoms with Gasteiger partial charge in [-0.15, -0.1) is 0 Å². The summed E-state index contributed by atoms with van der Waals surface area (Å²) in [6.07, 6.45) is 3.78. The minimum absolute atomic E-state index is 0.00588. The molecule has 0 aliphatic carbocycles. The molecular formula is C34H36F3N5O3. The number of pyridine rings is 1. The summed E-state index contributed by atoms with van der Waals surface area (Å²) in [4.78, 5) is 18.8. The molecule has 236 valence electrons. The fourth-order valence-corrected chi connectivity index (χ4v) is 8.22. The van der Waals surface area contributed by atoms with Crippen molar-refractivity contribution in [2.45, 2.75) is 69.6 Å². The Morgan fingerprint density at radius 3 is 2.84 bits per heavy atom. The van der Waals surface area contributed by atoms with Gasteiger partial charge in [-0.2, -0.15) is 9.97 Å². The van der Waals surface area contributed by atoms with Crippen LogP contribution in [0.25, 0.3) is 32.9 Å². The summed E-state index contributed by atoms with van der Waals surface area (Å²) in [7, 11) is 0. The Balaban J connectivity index is 1.33. The molecule has 6 heterocycles. The fourth-order valence-electron chi connectivity index (χ4n) is 8.22. The second-order valence-corrected chi connectivity index (χ2v) is 12.9. The molecule has 0 unspecified atom stereocenters. The van der Waals surface area contributed by atoms with Crippen LogP contribution in [-0.4, -0.2) is 82.2 Å². The first-order valence-corrected chi connectivity index (χ1v) is 16.1.